The SMILES string of the molecule is CC(C)(/C(=N/O)c1cccnc1)c1cccnc1. The largest absolute Gasteiger partial charge is 0.411 e. The predicted octanol–water partition coefficient (Wildman–Crippen LogP) is 2.63. The molecule has 0 saturated heterocycles. The molecular weight excluding hydrogens is 226 g/mol. The van der Waals surface area contributed by atoms with Gasteiger partial charge in [-0.05, 0) is 37.6 Å². The van der Waals surface area contributed by atoms with Crippen LogP contribution in [0.25, 0.3) is 0 Å². The van der Waals surface area contributed by atoms with Gasteiger partial charge in [0.15, 0.2) is 0 Å². The molecule has 4 heteroatoms. The molecule has 0 atom stereocenters. The van der Waals surface area contributed by atoms with Crippen LogP contribution in [0.2, 0.25) is 0 Å². The summed E-state index contributed by atoms with van der Waals surface area (Å²) in [4.78, 5) is 8.16. The Morgan fingerprint density at radius 2 is 1.78 bits per heavy atom. The first-order chi connectivity index (χ1) is 8.66. The predicted molar refractivity (Wildman–Crippen MR) is 69.8 cm³/mol. The Morgan fingerprint density at radius 1 is 1.11 bits per heavy atom. The van der Waals surface area contributed by atoms with E-state index >= 15 is 0 Å². The molecule has 0 radical (unpaired) electrons. The fourth-order valence-corrected chi connectivity index (χ4v) is 1.92. The molecule has 0 aromatic carbocycles. The van der Waals surface area contributed by atoms with Crippen LogP contribution in [0, 0.1) is 0 Å². The van der Waals surface area contributed by atoms with Crippen LogP contribution in [0.4, 0.5) is 0 Å². The van der Waals surface area contributed by atoms with Crippen LogP contribution < -0.4 is 0 Å². The molecule has 4 nitrogen and oxygen atoms in total. The quantitative estimate of drug-likeness (QED) is 0.510. The first-order valence-electron chi connectivity index (χ1n) is 5.69. The molecule has 0 aliphatic carbocycles. The Labute approximate surface area is 106 Å². The zero-order chi connectivity index (χ0) is 13.0. The fourth-order valence-electron chi connectivity index (χ4n) is 1.92. The molecule has 0 unspecified atom stereocenters. The molecule has 0 amide bonds. The average molecular weight is 241 g/mol. The van der Waals surface area contributed by atoms with Gasteiger partial charge in [0.1, 0.15) is 0 Å². The maximum atomic E-state index is 9.32. The first-order valence-corrected chi connectivity index (χ1v) is 5.69. The van der Waals surface area contributed by atoms with Crippen molar-refractivity contribution in [3.63, 3.8) is 0 Å². The van der Waals surface area contributed by atoms with Gasteiger partial charge in [0, 0.05) is 35.8 Å². The lowest BCUT2D eigenvalue weighted by Crippen LogP contribution is -2.30. The van der Waals surface area contributed by atoms with E-state index in [0.717, 1.165) is 11.1 Å². The topological polar surface area (TPSA) is 58.4 Å². The maximum Gasteiger partial charge on any atom is 0.0983 e. The molecule has 0 aliphatic rings. The molecule has 92 valence electrons. The van der Waals surface area contributed by atoms with Crippen molar-refractivity contribution < 1.29 is 5.21 Å². The highest BCUT2D eigenvalue weighted by Gasteiger charge is 2.29. The minimum absolute atomic E-state index is 0.438. The van der Waals surface area contributed by atoms with Gasteiger partial charge < -0.3 is 5.21 Å². The molecule has 2 heterocycles. The van der Waals surface area contributed by atoms with E-state index in [2.05, 4.69) is 15.1 Å². The summed E-state index contributed by atoms with van der Waals surface area (Å²) >= 11 is 0. The highest BCUT2D eigenvalue weighted by atomic mass is 16.4. The van der Waals surface area contributed by atoms with E-state index in [1.54, 1.807) is 24.8 Å². The molecule has 2 aromatic rings. The highest BCUT2D eigenvalue weighted by Crippen LogP contribution is 2.27. The number of oxime groups is 1. The monoisotopic (exact) mass is 241 g/mol. The van der Waals surface area contributed by atoms with Crippen LogP contribution >= 0.6 is 0 Å². The Kier molecular flexibility index (Phi) is 3.37. The average Bonchev–Trinajstić information content (AvgIpc) is 2.41. The Balaban J connectivity index is 2.46. The van der Waals surface area contributed by atoms with E-state index in [1.807, 2.05) is 38.1 Å². The highest BCUT2D eigenvalue weighted by molar-refractivity contribution is 6.07. The van der Waals surface area contributed by atoms with Crippen molar-refractivity contribution >= 4 is 5.71 Å². The second kappa shape index (κ2) is 4.96. The van der Waals surface area contributed by atoms with Gasteiger partial charge in [0.2, 0.25) is 0 Å². The van der Waals surface area contributed by atoms with Crippen LogP contribution in [0.5, 0.6) is 0 Å². The summed E-state index contributed by atoms with van der Waals surface area (Å²) in [5.74, 6) is 0. The number of rotatable bonds is 3. The lowest BCUT2D eigenvalue weighted by molar-refractivity contribution is 0.314. The molecule has 2 rings (SSSR count). The number of pyridine rings is 2. The van der Waals surface area contributed by atoms with Crippen LogP contribution in [-0.4, -0.2) is 20.9 Å². The molecule has 0 fully saturated rings. The third kappa shape index (κ3) is 2.22. The van der Waals surface area contributed by atoms with Gasteiger partial charge in [-0.2, -0.15) is 0 Å². The second-order valence-electron chi connectivity index (χ2n) is 4.56. The van der Waals surface area contributed by atoms with Crippen molar-refractivity contribution in [3.05, 3.63) is 60.2 Å². The van der Waals surface area contributed by atoms with Crippen LogP contribution in [0.15, 0.2) is 54.2 Å². The normalized spacial score (nSPS) is 12.4. The number of hydrogen-bond acceptors (Lipinski definition) is 4. The van der Waals surface area contributed by atoms with E-state index in [4.69, 9.17) is 0 Å². The van der Waals surface area contributed by atoms with Crippen molar-refractivity contribution in [2.45, 2.75) is 19.3 Å². The first kappa shape index (κ1) is 12.2. The third-order valence-electron chi connectivity index (χ3n) is 3.01. The Bertz CT molecular complexity index is 535. The maximum absolute atomic E-state index is 9.32. The minimum atomic E-state index is -0.438. The molecule has 2 aromatic heterocycles. The smallest absolute Gasteiger partial charge is 0.0983 e. The molecule has 0 aliphatic heterocycles. The van der Waals surface area contributed by atoms with Gasteiger partial charge >= 0.3 is 0 Å². The summed E-state index contributed by atoms with van der Waals surface area (Å²) in [6, 6.07) is 7.53. The fraction of sp³-hybridized carbons (Fsp3) is 0.214. The van der Waals surface area contributed by atoms with E-state index < -0.39 is 5.41 Å². The number of hydrogen-bond donors (Lipinski definition) is 1. The van der Waals surface area contributed by atoms with Crippen molar-refractivity contribution in [3.8, 4) is 0 Å². The second-order valence-corrected chi connectivity index (χ2v) is 4.56. The van der Waals surface area contributed by atoms with E-state index in [-0.39, 0.29) is 0 Å². The van der Waals surface area contributed by atoms with E-state index in [0.29, 0.717) is 5.71 Å². The summed E-state index contributed by atoms with van der Waals surface area (Å²) in [6.45, 7) is 3.98. The van der Waals surface area contributed by atoms with Crippen LogP contribution in [0.3, 0.4) is 0 Å². The van der Waals surface area contributed by atoms with E-state index in [1.165, 1.54) is 0 Å². The van der Waals surface area contributed by atoms with Crippen LogP contribution in [-0.2, 0) is 5.41 Å². The van der Waals surface area contributed by atoms with E-state index in [9.17, 15) is 5.21 Å². The van der Waals surface area contributed by atoms with Crippen LogP contribution in [0.1, 0.15) is 25.0 Å². The van der Waals surface area contributed by atoms with Gasteiger partial charge in [-0.3, -0.25) is 9.97 Å². The van der Waals surface area contributed by atoms with Gasteiger partial charge in [-0.15, -0.1) is 0 Å². The summed E-state index contributed by atoms with van der Waals surface area (Å²) in [5, 5.41) is 12.8. The lowest BCUT2D eigenvalue weighted by atomic mass is 9.78. The van der Waals surface area contributed by atoms with Gasteiger partial charge in [0.05, 0.1) is 5.71 Å². The van der Waals surface area contributed by atoms with Gasteiger partial charge in [-0.1, -0.05) is 11.2 Å². The molecule has 18 heavy (non-hydrogen) atoms. The zero-order valence-corrected chi connectivity index (χ0v) is 10.4. The van der Waals surface area contributed by atoms with Crippen molar-refractivity contribution in [1.82, 2.24) is 9.97 Å². The Morgan fingerprint density at radius 3 is 2.28 bits per heavy atom. The van der Waals surface area contributed by atoms with Crippen molar-refractivity contribution in [2.24, 2.45) is 5.16 Å². The minimum Gasteiger partial charge on any atom is -0.411 e. The molecular formula is C14H15N3O. The molecule has 0 saturated carbocycles. The molecule has 1 N–H and O–H groups in total. The number of aromatic nitrogens is 2. The standard InChI is InChI=1S/C14H15N3O/c1-14(2,12-6-4-8-16-10-12)13(17-18)11-5-3-7-15-9-11/h3-10,18H,1-2H3/b17-13+. The zero-order valence-electron chi connectivity index (χ0n) is 10.4. The summed E-state index contributed by atoms with van der Waals surface area (Å²) in [7, 11) is 0. The summed E-state index contributed by atoms with van der Waals surface area (Å²) < 4.78 is 0. The molecule has 0 spiro atoms. The van der Waals surface area contributed by atoms with Crippen molar-refractivity contribution in [1.29, 1.82) is 0 Å². The number of nitrogens with zero attached hydrogens (tertiary/aromatic N) is 3. The summed E-state index contributed by atoms with van der Waals surface area (Å²) in [6.07, 6.45) is 6.88. The molecule has 0 bridgehead atoms. The third-order valence-corrected chi connectivity index (χ3v) is 3.01. The van der Waals surface area contributed by atoms with Crippen molar-refractivity contribution in [2.75, 3.05) is 0 Å². The van der Waals surface area contributed by atoms with Gasteiger partial charge in [-0.25, -0.2) is 0 Å². The summed E-state index contributed by atoms with van der Waals surface area (Å²) in [5.41, 5.74) is 1.92. The van der Waals surface area contributed by atoms with Gasteiger partial charge in [0.25, 0.3) is 0 Å². The Hall–Kier alpha value is -2.23. The lowest BCUT2D eigenvalue weighted by Gasteiger charge is -2.25.